The lowest BCUT2D eigenvalue weighted by Gasteiger charge is -2.26. The first kappa shape index (κ1) is 18.8. The first-order valence-electron chi connectivity index (χ1n) is 7.65. The Kier molecular flexibility index (Phi) is 5.73. The van der Waals surface area contributed by atoms with Gasteiger partial charge in [0.25, 0.3) is 11.6 Å². The molecule has 0 saturated carbocycles. The fourth-order valence-electron chi connectivity index (χ4n) is 2.75. The van der Waals surface area contributed by atoms with Gasteiger partial charge in [0.15, 0.2) is 16.4 Å². The molecule has 25 heavy (non-hydrogen) atoms. The summed E-state index contributed by atoms with van der Waals surface area (Å²) in [6, 6.07) is 4.84. The minimum atomic E-state index is -3.15. The number of esters is 1. The first-order chi connectivity index (χ1) is 11.7. The Hall–Kier alpha value is -2.49. The number of carbonyl (C=O) groups excluding carboxylic acids is 2. The SMILES string of the molecule is CCN(C(=O)COC(=O)c1ccccc1[N+](=O)[O-])[C@@H]1CCS(=O)(=O)C1. The van der Waals surface area contributed by atoms with Gasteiger partial charge in [-0.2, -0.15) is 0 Å². The summed E-state index contributed by atoms with van der Waals surface area (Å²) in [7, 11) is -3.15. The molecule has 1 aliphatic rings. The number of sulfone groups is 1. The molecule has 1 aromatic carbocycles. The molecule has 0 unspecified atom stereocenters. The lowest BCUT2D eigenvalue weighted by molar-refractivity contribution is -0.385. The second kappa shape index (κ2) is 7.60. The Labute approximate surface area is 144 Å². The topological polar surface area (TPSA) is 124 Å². The number of amides is 1. The van der Waals surface area contributed by atoms with E-state index in [-0.39, 0.29) is 23.6 Å². The van der Waals surface area contributed by atoms with Gasteiger partial charge in [-0.15, -0.1) is 0 Å². The van der Waals surface area contributed by atoms with Crippen molar-refractivity contribution in [3.8, 4) is 0 Å². The number of nitro groups is 1. The van der Waals surface area contributed by atoms with E-state index in [1.165, 1.54) is 29.2 Å². The highest BCUT2D eigenvalue weighted by Gasteiger charge is 2.34. The number of rotatable bonds is 6. The molecule has 1 heterocycles. The van der Waals surface area contributed by atoms with Gasteiger partial charge < -0.3 is 9.64 Å². The van der Waals surface area contributed by atoms with Crippen LogP contribution in [0.25, 0.3) is 0 Å². The third kappa shape index (κ3) is 4.53. The van der Waals surface area contributed by atoms with Gasteiger partial charge >= 0.3 is 5.97 Å². The molecule has 136 valence electrons. The average Bonchev–Trinajstić information content (AvgIpc) is 2.92. The number of carbonyl (C=O) groups is 2. The van der Waals surface area contributed by atoms with Crippen molar-refractivity contribution in [2.45, 2.75) is 19.4 Å². The molecule has 0 spiro atoms. The van der Waals surface area contributed by atoms with Gasteiger partial charge in [0.05, 0.1) is 16.4 Å². The minimum absolute atomic E-state index is 0.0252. The van der Waals surface area contributed by atoms with Crippen molar-refractivity contribution in [1.29, 1.82) is 0 Å². The molecule has 1 saturated heterocycles. The molecule has 0 aliphatic carbocycles. The van der Waals surface area contributed by atoms with Crippen LogP contribution in [0.5, 0.6) is 0 Å². The number of likely N-dealkylation sites (N-methyl/N-ethyl adjacent to an activating group) is 1. The molecule has 0 aromatic heterocycles. The van der Waals surface area contributed by atoms with Crippen LogP contribution in [0.1, 0.15) is 23.7 Å². The Morgan fingerprint density at radius 2 is 2.04 bits per heavy atom. The van der Waals surface area contributed by atoms with E-state index in [9.17, 15) is 28.1 Å². The summed E-state index contributed by atoms with van der Waals surface area (Å²) in [6.45, 7) is 1.38. The Morgan fingerprint density at radius 3 is 2.60 bits per heavy atom. The van der Waals surface area contributed by atoms with Gasteiger partial charge in [-0.05, 0) is 19.4 Å². The third-order valence-corrected chi connectivity index (χ3v) is 5.71. The number of ether oxygens (including phenoxy) is 1. The van der Waals surface area contributed by atoms with E-state index >= 15 is 0 Å². The standard InChI is InChI=1S/C15H18N2O7S/c1-2-16(11-7-8-25(22,23)10-11)14(18)9-24-15(19)12-5-3-4-6-13(12)17(20)21/h3-6,11H,2,7-10H2,1H3/t11-/m1/s1. The summed E-state index contributed by atoms with van der Waals surface area (Å²) in [6.07, 6.45) is 0.347. The summed E-state index contributed by atoms with van der Waals surface area (Å²) in [5.41, 5.74) is -0.652. The van der Waals surface area contributed by atoms with Crippen LogP contribution in [-0.4, -0.2) is 60.8 Å². The van der Waals surface area contributed by atoms with Gasteiger partial charge in [-0.25, -0.2) is 13.2 Å². The summed E-state index contributed by atoms with van der Waals surface area (Å²) < 4.78 is 28.0. The van der Waals surface area contributed by atoms with Crippen molar-refractivity contribution in [1.82, 2.24) is 4.90 Å². The number of nitro benzene ring substituents is 1. The maximum atomic E-state index is 12.2. The van der Waals surface area contributed by atoms with Gasteiger partial charge in [0.1, 0.15) is 5.56 Å². The second-order valence-corrected chi connectivity index (χ2v) is 7.82. The van der Waals surface area contributed by atoms with Crippen LogP contribution in [0, 0.1) is 10.1 Å². The number of nitrogens with zero attached hydrogens (tertiary/aromatic N) is 2. The molecule has 1 amide bonds. The zero-order chi connectivity index (χ0) is 18.6. The van der Waals surface area contributed by atoms with Crippen molar-refractivity contribution in [3.05, 3.63) is 39.9 Å². The summed E-state index contributed by atoms with van der Waals surface area (Å²) in [5.74, 6) is -1.59. The minimum Gasteiger partial charge on any atom is -0.452 e. The van der Waals surface area contributed by atoms with Gasteiger partial charge in [0.2, 0.25) is 0 Å². The molecule has 0 N–H and O–H groups in total. The average molecular weight is 370 g/mol. The van der Waals surface area contributed by atoms with Crippen molar-refractivity contribution in [2.75, 3.05) is 24.7 Å². The van der Waals surface area contributed by atoms with E-state index in [4.69, 9.17) is 4.74 Å². The Balaban J connectivity index is 2.01. The Morgan fingerprint density at radius 1 is 1.36 bits per heavy atom. The highest BCUT2D eigenvalue weighted by Crippen LogP contribution is 2.20. The predicted molar refractivity (Wildman–Crippen MR) is 87.8 cm³/mol. The molecule has 2 rings (SSSR count). The van der Waals surface area contributed by atoms with Crippen LogP contribution in [-0.2, 0) is 19.4 Å². The fraction of sp³-hybridized carbons (Fsp3) is 0.467. The smallest absolute Gasteiger partial charge is 0.345 e. The number of benzene rings is 1. The van der Waals surface area contributed by atoms with Gasteiger partial charge in [-0.1, -0.05) is 12.1 Å². The van der Waals surface area contributed by atoms with E-state index in [1.54, 1.807) is 6.92 Å². The molecule has 0 radical (unpaired) electrons. The molecule has 1 atom stereocenters. The zero-order valence-electron chi connectivity index (χ0n) is 13.6. The normalized spacial score (nSPS) is 18.5. The monoisotopic (exact) mass is 370 g/mol. The molecule has 1 aliphatic heterocycles. The Bertz CT molecular complexity index is 791. The maximum Gasteiger partial charge on any atom is 0.345 e. The van der Waals surface area contributed by atoms with Crippen molar-refractivity contribution < 1.29 is 27.7 Å². The van der Waals surface area contributed by atoms with E-state index in [2.05, 4.69) is 0 Å². The third-order valence-electron chi connectivity index (χ3n) is 3.96. The molecule has 0 bridgehead atoms. The number of hydrogen-bond acceptors (Lipinski definition) is 7. The van der Waals surface area contributed by atoms with E-state index in [0.29, 0.717) is 6.42 Å². The van der Waals surface area contributed by atoms with Crippen LogP contribution >= 0.6 is 0 Å². The summed E-state index contributed by atoms with van der Waals surface area (Å²) in [5, 5.41) is 10.9. The lowest BCUT2D eigenvalue weighted by Crippen LogP contribution is -2.43. The molecule has 1 aromatic rings. The van der Waals surface area contributed by atoms with Crippen LogP contribution in [0.15, 0.2) is 24.3 Å². The van der Waals surface area contributed by atoms with Crippen molar-refractivity contribution >= 4 is 27.4 Å². The molecule has 1 fully saturated rings. The largest absolute Gasteiger partial charge is 0.452 e. The van der Waals surface area contributed by atoms with Gasteiger partial charge in [0, 0.05) is 18.7 Å². The van der Waals surface area contributed by atoms with Crippen molar-refractivity contribution in [3.63, 3.8) is 0 Å². The highest BCUT2D eigenvalue weighted by molar-refractivity contribution is 7.91. The van der Waals surface area contributed by atoms with E-state index in [1.807, 2.05) is 0 Å². The highest BCUT2D eigenvalue weighted by atomic mass is 32.2. The summed E-state index contributed by atoms with van der Waals surface area (Å²) in [4.78, 5) is 35.8. The predicted octanol–water partition coefficient (Wildman–Crippen LogP) is 0.787. The first-order valence-corrected chi connectivity index (χ1v) is 9.47. The number of hydrogen-bond donors (Lipinski definition) is 0. The number of para-hydroxylation sites is 1. The van der Waals surface area contributed by atoms with Crippen LogP contribution < -0.4 is 0 Å². The van der Waals surface area contributed by atoms with Crippen LogP contribution in [0.4, 0.5) is 5.69 Å². The lowest BCUT2D eigenvalue weighted by atomic mass is 10.2. The molecular formula is C15H18N2O7S. The van der Waals surface area contributed by atoms with E-state index in [0.717, 1.165) is 0 Å². The quantitative estimate of drug-likeness (QED) is 0.412. The maximum absolute atomic E-state index is 12.2. The van der Waals surface area contributed by atoms with Crippen LogP contribution in [0.3, 0.4) is 0 Å². The summed E-state index contributed by atoms with van der Waals surface area (Å²) >= 11 is 0. The molecule has 9 nitrogen and oxygen atoms in total. The zero-order valence-corrected chi connectivity index (χ0v) is 14.4. The second-order valence-electron chi connectivity index (χ2n) is 5.59. The van der Waals surface area contributed by atoms with Gasteiger partial charge in [-0.3, -0.25) is 14.9 Å². The fourth-order valence-corrected chi connectivity index (χ4v) is 4.48. The van der Waals surface area contributed by atoms with Crippen molar-refractivity contribution in [2.24, 2.45) is 0 Å². The molecule has 10 heteroatoms. The molecular weight excluding hydrogens is 352 g/mol. The van der Waals surface area contributed by atoms with E-state index < -0.39 is 45.0 Å². The van der Waals surface area contributed by atoms with Crippen LogP contribution in [0.2, 0.25) is 0 Å².